The molecule has 0 aliphatic carbocycles. The molecule has 5 nitrogen and oxygen atoms in total. The number of nitrogens with one attached hydrogen (secondary N) is 1. The van der Waals surface area contributed by atoms with Gasteiger partial charge in [-0.2, -0.15) is 0 Å². The minimum absolute atomic E-state index is 0.0116. The Morgan fingerprint density at radius 2 is 2.23 bits per heavy atom. The molecule has 0 fully saturated rings. The number of aryl methyl sites for hydroxylation is 1. The van der Waals surface area contributed by atoms with Crippen molar-refractivity contribution >= 4 is 5.78 Å². The smallest absolute Gasteiger partial charge is 0.201 e. The van der Waals surface area contributed by atoms with Gasteiger partial charge in [0.25, 0.3) is 0 Å². The fraction of sp³-hybridized carbons (Fsp3) is 0.625. The highest BCUT2D eigenvalue weighted by molar-refractivity contribution is 6.01. The van der Waals surface area contributed by atoms with E-state index in [9.17, 15) is 4.79 Å². The van der Waals surface area contributed by atoms with Gasteiger partial charge in [-0.1, -0.05) is 5.21 Å². The number of aromatic nitrogens is 3. The molecule has 5 heteroatoms. The Hall–Kier alpha value is -1.23. The van der Waals surface area contributed by atoms with Crippen LogP contribution in [0.1, 0.15) is 24.3 Å². The lowest BCUT2D eigenvalue weighted by Crippen LogP contribution is -2.45. The van der Waals surface area contributed by atoms with E-state index in [4.69, 9.17) is 0 Å². The van der Waals surface area contributed by atoms with Crippen LogP contribution in [-0.2, 0) is 7.05 Å². The van der Waals surface area contributed by atoms with E-state index in [1.807, 2.05) is 13.8 Å². The summed E-state index contributed by atoms with van der Waals surface area (Å²) in [5, 5.41) is 10.3. The number of hydrogen-bond donors (Lipinski definition) is 1. The second-order valence-electron chi connectivity index (χ2n) is 3.45. The Bertz CT molecular complexity index is 316. The van der Waals surface area contributed by atoms with E-state index in [1.165, 1.54) is 10.9 Å². The van der Waals surface area contributed by atoms with Gasteiger partial charge >= 0.3 is 0 Å². The van der Waals surface area contributed by atoms with Gasteiger partial charge in [0.1, 0.15) is 5.69 Å². The summed E-state index contributed by atoms with van der Waals surface area (Å²) >= 11 is 0. The first-order valence-electron chi connectivity index (χ1n) is 4.07. The first kappa shape index (κ1) is 9.85. The van der Waals surface area contributed by atoms with Gasteiger partial charge in [-0.25, -0.2) is 4.68 Å². The highest BCUT2D eigenvalue weighted by Gasteiger charge is 2.28. The number of carbonyl (C=O) groups is 1. The van der Waals surface area contributed by atoms with Crippen molar-refractivity contribution in [1.29, 1.82) is 0 Å². The summed E-state index contributed by atoms with van der Waals surface area (Å²) in [7, 11) is 3.45. The summed E-state index contributed by atoms with van der Waals surface area (Å²) in [6.07, 6.45) is 1.47. The number of Topliss-reactive ketones (excluding diaryl/α,β-unsaturated/α-hetero) is 1. The van der Waals surface area contributed by atoms with E-state index in [0.717, 1.165) is 0 Å². The van der Waals surface area contributed by atoms with Gasteiger partial charge < -0.3 is 5.32 Å². The van der Waals surface area contributed by atoms with E-state index >= 15 is 0 Å². The highest BCUT2D eigenvalue weighted by atomic mass is 16.1. The topological polar surface area (TPSA) is 59.8 Å². The summed E-state index contributed by atoms with van der Waals surface area (Å²) in [5.41, 5.74) is -0.0606. The number of rotatable bonds is 3. The van der Waals surface area contributed by atoms with Crippen LogP contribution >= 0.6 is 0 Å². The van der Waals surface area contributed by atoms with E-state index in [-0.39, 0.29) is 5.78 Å². The maximum Gasteiger partial charge on any atom is 0.201 e. The monoisotopic (exact) mass is 182 g/mol. The van der Waals surface area contributed by atoms with Gasteiger partial charge in [0.15, 0.2) is 0 Å². The largest absolute Gasteiger partial charge is 0.308 e. The standard InChI is InChI=1S/C8H14N4O/c1-8(2,9-3)7(13)6-5-10-11-12(6)4/h5,9H,1-4H3. The van der Waals surface area contributed by atoms with Crippen molar-refractivity contribution in [1.82, 2.24) is 20.3 Å². The van der Waals surface area contributed by atoms with Crippen LogP contribution in [0.4, 0.5) is 0 Å². The summed E-state index contributed by atoms with van der Waals surface area (Å²) in [4.78, 5) is 11.8. The number of nitrogens with zero attached hydrogens (tertiary/aromatic N) is 3. The molecule has 1 heterocycles. The molecule has 1 aromatic rings. The molecule has 13 heavy (non-hydrogen) atoms. The van der Waals surface area contributed by atoms with Crippen LogP contribution in [0.2, 0.25) is 0 Å². The van der Waals surface area contributed by atoms with Crippen molar-refractivity contribution in [2.45, 2.75) is 19.4 Å². The molecule has 72 valence electrons. The lowest BCUT2D eigenvalue weighted by Gasteiger charge is -2.21. The Morgan fingerprint density at radius 3 is 2.62 bits per heavy atom. The molecule has 0 aliphatic heterocycles. The van der Waals surface area contributed by atoms with Crippen LogP contribution in [0.15, 0.2) is 6.20 Å². The summed E-state index contributed by atoms with van der Waals surface area (Å²) in [6.45, 7) is 3.64. The molecule has 1 N–H and O–H groups in total. The molecule has 0 unspecified atom stereocenters. The molecular formula is C8H14N4O. The molecular weight excluding hydrogens is 168 g/mol. The molecule has 0 amide bonds. The van der Waals surface area contributed by atoms with E-state index < -0.39 is 5.54 Å². The van der Waals surface area contributed by atoms with E-state index in [0.29, 0.717) is 5.69 Å². The molecule has 0 spiro atoms. The fourth-order valence-electron chi connectivity index (χ4n) is 0.929. The second kappa shape index (κ2) is 3.26. The first-order chi connectivity index (χ1) is 5.99. The molecule has 0 saturated heterocycles. The van der Waals surface area contributed by atoms with Crippen molar-refractivity contribution in [2.24, 2.45) is 7.05 Å². The predicted octanol–water partition coefficient (Wildman–Crippen LogP) is -0.00420. The van der Waals surface area contributed by atoms with Gasteiger partial charge in [0.05, 0.1) is 11.7 Å². The zero-order chi connectivity index (χ0) is 10.1. The fourth-order valence-corrected chi connectivity index (χ4v) is 0.929. The zero-order valence-electron chi connectivity index (χ0n) is 8.33. The molecule has 1 rings (SSSR count). The van der Waals surface area contributed by atoms with Gasteiger partial charge in [0.2, 0.25) is 5.78 Å². The van der Waals surface area contributed by atoms with Crippen LogP contribution in [0.5, 0.6) is 0 Å². The average molecular weight is 182 g/mol. The summed E-state index contributed by atoms with van der Waals surface area (Å²) in [6, 6.07) is 0. The van der Waals surface area contributed by atoms with E-state index in [2.05, 4.69) is 15.6 Å². The summed E-state index contributed by atoms with van der Waals surface area (Å²) in [5.74, 6) is -0.0116. The highest BCUT2D eigenvalue weighted by Crippen LogP contribution is 2.10. The van der Waals surface area contributed by atoms with Crippen molar-refractivity contribution in [3.05, 3.63) is 11.9 Å². The maximum atomic E-state index is 11.8. The molecule has 1 aromatic heterocycles. The van der Waals surface area contributed by atoms with Crippen molar-refractivity contribution < 1.29 is 4.79 Å². The number of carbonyl (C=O) groups excluding carboxylic acids is 1. The Balaban J connectivity index is 2.98. The number of hydrogen-bond acceptors (Lipinski definition) is 4. The minimum atomic E-state index is -0.574. The second-order valence-corrected chi connectivity index (χ2v) is 3.45. The zero-order valence-corrected chi connectivity index (χ0v) is 8.33. The van der Waals surface area contributed by atoms with Crippen LogP contribution in [0.25, 0.3) is 0 Å². The first-order valence-corrected chi connectivity index (χ1v) is 4.07. The molecule has 0 radical (unpaired) electrons. The third-order valence-electron chi connectivity index (χ3n) is 2.14. The normalized spacial score (nSPS) is 11.7. The van der Waals surface area contributed by atoms with Crippen LogP contribution in [-0.4, -0.2) is 33.4 Å². The molecule has 0 aliphatic rings. The average Bonchev–Trinajstić information content (AvgIpc) is 2.50. The molecule has 0 saturated carbocycles. The maximum absolute atomic E-state index is 11.8. The van der Waals surface area contributed by atoms with E-state index in [1.54, 1.807) is 14.1 Å². The van der Waals surface area contributed by atoms with Crippen LogP contribution in [0.3, 0.4) is 0 Å². The molecule has 0 atom stereocenters. The van der Waals surface area contributed by atoms with Crippen LogP contribution < -0.4 is 5.32 Å². The molecule has 0 aromatic carbocycles. The lowest BCUT2D eigenvalue weighted by atomic mass is 9.97. The Labute approximate surface area is 77.1 Å². The minimum Gasteiger partial charge on any atom is -0.308 e. The SMILES string of the molecule is CNC(C)(C)C(=O)c1cnnn1C. The molecule has 0 bridgehead atoms. The Morgan fingerprint density at radius 1 is 1.62 bits per heavy atom. The van der Waals surface area contributed by atoms with Gasteiger partial charge in [-0.05, 0) is 20.9 Å². The van der Waals surface area contributed by atoms with Crippen molar-refractivity contribution in [3.8, 4) is 0 Å². The number of likely N-dealkylation sites (N-methyl/N-ethyl adjacent to an activating group) is 1. The lowest BCUT2D eigenvalue weighted by molar-refractivity contribution is 0.0879. The van der Waals surface area contributed by atoms with Gasteiger partial charge in [0, 0.05) is 7.05 Å². The Kier molecular flexibility index (Phi) is 2.47. The third-order valence-corrected chi connectivity index (χ3v) is 2.14. The number of ketones is 1. The van der Waals surface area contributed by atoms with Crippen molar-refractivity contribution in [3.63, 3.8) is 0 Å². The predicted molar refractivity (Wildman–Crippen MR) is 48.5 cm³/mol. The third kappa shape index (κ3) is 1.75. The van der Waals surface area contributed by atoms with Crippen molar-refractivity contribution in [2.75, 3.05) is 7.05 Å². The van der Waals surface area contributed by atoms with Crippen LogP contribution in [0, 0.1) is 0 Å². The van der Waals surface area contributed by atoms with Gasteiger partial charge in [-0.15, -0.1) is 5.10 Å². The summed E-state index contributed by atoms with van der Waals surface area (Å²) < 4.78 is 1.47. The quantitative estimate of drug-likeness (QED) is 0.668. The van der Waals surface area contributed by atoms with Gasteiger partial charge in [-0.3, -0.25) is 4.79 Å².